The number of nitrogens with one attached hydrogen (secondary N) is 1. The first kappa shape index (κ1) is 45.3. The highest BCUT2D eigenvalue weighted by Crippen LogP contribution is 2.46. The Bertz CT molecular complexity index is 2100. The van der Waals surface area contributed by atoms with Gasteiger partial charge in [-0.3, -0.25) is 19.7 Å². The van der Waals surface area contributed by atoms with Crippen LogP contribution in [-0.4, -0.2) is 129 Å². The van der Waals surface area contributed by atoms with Gasteiger partial charge in [-0.15, -0.1) is 11.6 Å². The molecule has 3 aromatic carbocycles. The van der Waals surface area contributed by atoms with Crippen LogP contribution in [-0.2, 0) is 19.1 Å². The molecule has 16 heteroatoms. The Hall–Kier alpha value is -5.28. The molecule has 0 saturated carbocycles. The number of hydrogen-bond donors (Lipinski definition) is 1. The Morgan fingerprint density at radius 2 is 1.64 bits per heavy atom. The predicted molar refractivity (Wildman–Crippen MR) is 232 cm³/mol. The lowest BCUT2D eigenvalue weighted by atomic mass is 9.95. The predicted octanol–water partition coefficient (Wildman–Crippen LogP) is 7.42. The first-order valence-electron chi connectivity index (χ1n) is 21.0. The van der Waals surface area contributed by atoms with Crippen LogP contribution in [0.3, 0.4) is 0 Å². The number of benzene rings is 3. The fraction of sp³-hybridized carbons (Fsp3) is 0.533. The van der Waals surface area contributed by atoms with Crippen molar-refractivity contribution in [2.75, 3.05) is 82.7 Å². The molecule has 0 aliphatic carbocycles. The normalized spacial score (nSPS) is 17.9. The van der Waals surface area contributed by atoms with Crippen molar-refractivity contribution in [3.8, 4) is 17.2 Å². The van der Waals surface area contributed by atoms with Gasteiger partial charge in [0.2, 0.25) is 5.91 Å². The van der Waals surface area contributed by atoms with E-state index in [0.717, 1.165) is 35.8 Å². The number of likely N-dealkylation sites (tertiary alicyclic amines) is 1. The third-order valence-electron chi connectivity index (χ3n) is 11.2. The van der Waals surface area contributed by atoms with E-state index < -0.39 is 23.8 Å². The van der Waals surface area contributed by atoms with E-state index in [-0.39, 0.29) is 54.7 Å². The number of rotatable bonds is 14. The second-order valence-electron chi connectivity index (χ2n) is 16.8. The van der Waals surface area contributed by atoms with Gasteiger partial charge in [-0.05, 0) is 76.9 Å². The molecule has 3 aliphatic rings. The lowest BCUT2D eigenvalue weighted by Gasteiger charge is -2.31. The van der Waals surface area contributed by atoms with Gasteiger partial charge in [0, 0.05) is 81.9 Å². The lowest BCUT2D eigenvalue weighted by Crippen LogP contribution is -2.48. The quantitative estimate of drug-likeness (QED) is 0.0978. The zero-order valence-electron chi connectivity index (χ0n) is 36.1. The van der Waals surface area contributed by atoms with Gasteiger partial charge in [-0.1, -0.05) is 24.3 Å². The van der Waals surface area contributed by atoms with Crippen LogP contribution in [0.2, 0.25) is 0 Å². The number of esters is 1. The van der Waals surface area contributed by atoms with Crippen molar-refractivity contribution in [1.29, 1.82) is 0 Å². The fourth-order valence-corrected chi connectivity index (χ4v) is 8.30. The van der Waals surface area contributed by atoms with Gasteiger partial charge < -0.3 is 43.3 Å². The molecular formula is C45H58ClN5O10. The van der Waals surface area contributed by atoms with Gasteiger partial charge in [0.05, 0.1) is 36.7 Å². The zero-order chi connectivity index (χ0) is 43.8. The third-order valence-corrected chi connectivity index (χ3v) is 11.5. The number of nitrogens with zero attached hydrogens (tertiary/aromatic N) is 4. The van der Waals surface area contributed by atoms with E-state index in [1.807, 2.05) is 37.4 Å². The minimum Gasteiger partial charge on any atom is -0.493 e. The number of carbonyl (C=O) groups excluding carboxylic acids is 5. The number of halogens is 1. The number of carbonyl (C=O) groups is 5. The smallest absolute Gasteiger partial charge is 0.415 e. The summed E-state index contributed by atoms with van der Waals surface area (Å²) in [6, 6.07) is 12.4. The van der Waals surface area contributed by atoms with Crippen molar-refractivity contribution < 1.29 is 47.7 Å². The molecule has 2 atom stereocenters. The van der Waals surface area contributed by atoms with Crippen LogP contribution in [0, 0.1) is 0 Å². The number of ether oxygens (including phenoxy) is 5. The average Bonchev–Trinajstić information content (AvgIpc) is 3.85. The van der Waals surface area contributed by atoms with Crippen molar-refractivity contribution in [2.24, 2.45) is 0 Å². The molecule has 0 unspecified atom stereocenters. The average molecular weight is 864 g/mol. The van der Waals surface area contributed by atoms with E-state index in [2.05, 4.69) is 10.2 Å². The molecule has 330 valence electrons. The number of unbranched alkanes of at least 4 members (excludes halogenated alkanes) is 2. The molecule has 2 saturated heterocycles. The number of anilines is 2. The largest absolute Gasteiger partial charge is 0.493 e. The lowest BCUT2D eigenvalue weighted by molar-refractivity contribution is -0.142. The van der Waals surface area contributed by atoms with Gasteiger partial charge in [-0.25, -0.2) is 9.59 Å². The van der Waals surface area contributed by atoms with Crippen LogP contribution in [0.1, 0.15) is 88.1 Å². The summed E-state index contributed by atoms with van der Waals surface area (Å²) in [6.45, 7) is 10.5. The van der Waals surface area contributed by atoms with Crippen molar-refractivity contribution in [3.05, 3.63) is 53.6 Å². The highest BCUT2D eigenvalue weighted by atomic mass is 35.5. The van der Waals surface area contributed by atoms with E-state index >= 15 is 0 Å². The second kappa shape index (κ2) is 20.1. The van der Waals surface area contributed by atoms with Gasteiger partial charge >= 0.3 is 18.2 Å². The molecule has 1 N–H and O–H groups in total. The molecule has 0 radical (unpaired) electrons. The number of alkyl halides is 1. The Balaban J connectivity index is 1.10. The molecule has 4 amide bonds. The molecule has 0 aromatic heterocycles. The number of fused-ring (bicyclic) bond motifs is 3. The first-order valence-corrected chi connectivity index (χ1v) is 21.6. The Kier molecular flexibility index (Phi) is 14.9. The van der Waals surface area contributed by atoms with Gasteiger partial charge in [-0.2, -0.15) is 0 Å². The van der Waals surface area contributed by atoms with E-state index in [1.165, 1.54) is 20.1 Å². The highest BCUT2D eigenvalue weighted by Gasteiger charge is 2.36. The summed E-state index contributed by atoms with van der Waals surface area (Å²) in [6.07, 6.45) is 2.43. The van der Waals surface area contributed by atoms with Crippen LogP contribution in [0.5, 0.6) is 17.2 Å². The molecular weight excluding hydrogens is 806 g/mol. The number of amides is 4. The molecule has 0 spiro atoms. The Morgan fingerprint density at radius 3 is 2.33 bits per heavy atom. The summed E-state index contributed by atoms with van der Waals surface area (Å²) in [5.74, 6) is 0.456. The fourth-order valence-electron chi connectivity index (χ4n) is 8.05. The van der Waals surface area contributed by atoms with Crippen LogP contribution in [0.4, 0.5) is 21.0 Å². The van der Waals surface area contributed by atoms with Crippen LogP contribution >= 0.6 is 11.6 Å². The molecule has 3 heterocycles. The second-order valence-corrected chi connectivity index (χ2v) is 17.1. The van der Waals surface area contributed by atoms with E-state index in [4.69, 9.17) is 35.3 Å². The van der Waals surface area contributed by atoms with E-state index in [1.54, 1.807) is 41.5 Å². The third kappa shape index (κ3) is 11.2. The zero-order valence-corrected chi connectivity index (χ0v) is 36.8. The standard InChI is InChI=1S/C45H58ClN5O10/c1-29(52)59-28-31-13-12-17-50(31)42(54)34-23-38(57-6)39(24-35(34)47-43(55)61-45(2,3)4)58-22-11-7-8-16-40(53)51-27-30(26-46)41-33-15-10-9-14-32(33)37(25-36(41)51)60-44(56)49-20-18-48(5)19-21-49/h9-10,14-15,23-25,30-31H,7-8,11-13,16-22,26-28H2,1-6H3,(H,47,55)/t30-,31+/m1/s1. The van der Waals surface area contributed by atoms with Gasteiger partial charge in [0.15, 0.2) is 11.5 Å². The topological polar surface area (TPSA) is 156 Å². The molecule has 61 heavy (non-hydrogen) atoms. The SMILES string of the molecule is COc1cc(C(=O)N2CCC[C@H]2COC(C)=O)c(NC(=O)OC(C)(C)C)cc1OCCCCCC(=O)N1C[C@@H](CCl)c2c1cc(OC(=O)N1CCN(C)CC1)c1ccccc21. The number of piperazine rings is 1. The van der Waals surface area contributed by atoms with Crippen molar-refractivity contribution in [1.82, 2.24) is 14.7 Å². The molecule has 3 aliphatic heterocycles. The Morgan fingerprint density at radius 1 is 0.902 bits per heavy atom. The summed E-state index contributed by atoms with van der Waals surface area (Å²) in [4.78, 5) is 72.9. The number of methoxy groups -OCH3 is 1. The molecule has 15 nitrogen and oxygen atoms in total. The van der Waals surface area contributed by atoms with Crippen molar-refractivity contribution >= 4 is 63.7 Å². The molecule has 3 aromatic rings. The molecule has 6 rings (SSSR count). The highest BCUT2D eigenvalue weighted by molar-refractivity contribution is 6.19. The van der Waals surface area contributed by atoms with Crippen molar-refractivity contribution in [2.45, 2.75) is 83.8 Å². The maximum absolute atomic E-state index is 14.0. The van der Waals surface area contributed by atoms with Gasteiger partial charge in [0.25, 0.3) is 5.91 Å². The van der Waals surface area contributed by atoms with Crippen molar-refractivity contribution in [3.63, 3.8) is 0 Å². The Labute approximate surface area is 362 Å². The minimum absolute atomic E-state index is 0.0470. The number of hydrogen-bond acceptors (Lipinski definition) is 11. The van der Waals surface area contributed by atoms with Crippen LogP contribution in [0.25, 0.3) is 10.8 Å². The maximum atomic E-state index is 14.0. The molecule has 0 bridgehead atoms. The van der Waals surface area contributed by atoms with Crippen LogP contribution < -0.4 is 24.4 Å². The van der Waals surface area contributed by atoms with E-state index in [9.17, 15) is 24.0 Å². The molecule has 2 fully saturated rings. The maximum Gasteiger partial charge on any atom is 0.415 e. The summed E-state index contributed by atoms with van der Waals surface area (Å²) >= 11 is 6.50. The van der Waals surface area contributed by atoms with E-state index in [0.29, 0.717) is 80.7 Å². The summed E-state index contributed by atoms with van der Waals surface area (Å²) < 4.78 is 28.6. The minimum atomic E-state index is -0.786. The van der Waals surface area contributed by atoms with Gasteiger partial charge in [0.1, 0.15) is 18.0 Å². The summed E-state index contributed by atoms with van der Waals surface area (Å²) in [5, 5.41) is 4.44. The summed E-state index contributed by atoms with van der Waals surface area (Å²) in [7, 11) is 3.50. The first-order chi connectivity index (χ1) is 29.2. The number of likely N-dealkylation sites (N-methyl/N-ethyl adjacent to an activating group) is 1. The monoisotopic (exact) mass is 863 g/mol. The summed E-state index contributed by atoms with van der Waals surface area (Å²) in [5.41, 5.74) is 1.28. The van der Waals surface area contributed by atoms with Crippen LogP contribution in [0.15, 0.2) is 42.5 Å².